The second-order valence-electron chi connectivity index (χ2n) is 12.9. The summed E-state index contributed by atoms with van der Waals surface area (Å²) in [6, 6.07) is 3.29. The van der Waals surface area contributed by atoms with Gasteiger partial charge < -0.3 is 29.5 Å². The van der Waals surface area contributed by atoms with Crippen LogP contribution in [0.15, 0.2) is 52.9 Å². The molecule has 0 aromatic carbocycles. The number of amidine groups is 1. The molecule has 13 heteroatoms. The summed E-state index contributed by atoms with van der Waals surface area (Å²) in [6.07, 6.45) is 8.42. The molecule has 1 N–H and O–H groups in total. The minimum Gasteiger partial charge on any atom is -0.444 e. The summed E-state index contributed by atoms with van der Waals surface area (Å²) in [5, 5.41) is 3.12. The number of aromatic nitrogens is 1. The Kier molecular flexibility index (Phi) is 9.56. The molecule has 4 aliphatic rings. The summed E-state index contributed by atoms with van der Waals surface area (Å²) in [5.74, 6) is 1.16. The van der Waals surface area contributed by atoms with E-state index in [1.165, 1.54) is 12.4 Å². The Morgan fingerprint density at radius 3 is 2.44 bits per heavy atom. The van der Waals surface area contributed by atoms with E-state index in [0.29, 0.717) is 55.6 Å². The Bertz CT molecular complexity index is 1380. The Morgan fingerprint density at radius 2 is 1.87 bits per heavy atom. The van der Waals surface area contributed by atoms with E-state index in [0.717, 1.165) is 25.7 Å². The molecule has 1 aromatic heterocycles. The normalized spacial score (nSPS) is 24.4. The molecular weight excluding hydrogens is 576 g/mol. The topological polar surface area (TPSA) is 132 Å². The number of guanidine groups is 1. The number of rotatable bonds is 5. The van der Waals surface area contributed by atoms with Crippen LogP contribution in [-0.4, -0.2) is 118 Å². The summed E-state index contributed by atoms with van der Waals surface area (Å²) in [4.78, 5) is 59.9. The van der Waals surface area contributed by atoms with Crippen LogP contribution < -0.4 is 5.32 Å². The van der Waals surface area contributed by atoms with E-state index in [-0.39, 0.29) is 42.0 Å². The number of amides is 3. The Balaban J connectivity index is 1.26. The molecule has 13 nitrogen and oxygen atoms in total. The van der Waals surface area contributed by atoms with E-state index >= 15 is 0 Å². The summed E-state index contributed by atoms with van der Waals surface area (Å²) in [6.45, 7) is 11.4. The van der Waals surface area contributed by atoms with Gasteiger partial charge in [0.05, 0.1) is 30.3 Å². The maximum absolute atomic E-state index is 13.4. The molecule has 0 spiro atoms. The SMILES string of the molecule is C=C/N=C(\N=C1/CC=C(C(=O)N(C)C)N1C1CCCOC1)Nc1ccc(C(=O)N2CC3CCC(C2)N3C(=O)OC(C)(C)C)cn1. The van der Waals surface area contributed by atoms with Gasteiger partial charge in [0, 0.05) is 52.6 Å². The molecule has 0 saturated carbocycles. The van der Waals surface area contributed by atoms with Crippen molar-refractivity contribution in [3.05, 3.63) is 48.4 Å². The van der Waals surface area contributed by atoms with Crippen LogP contribution in [0.2, 0.25) is 0 Å². The molecule has 0 radical (unpaired) electrons. The number of nitrogens with one attached hydrogen (secondary N) is 1. The van der Waals surface area contributed by atoms with Gasteiger partial charge in [0.1, 0.15) is 23.0 Å². The van der Waals surface area contributed by atoms with E-state index in [1.54, 1.807) is 36.0 Å². The third kappa shape index (κ3) is 7.35. The lowest BCUT2D eigenvalue weighted by molar-refractivity contribution is -0.126. The monoisotopic (exact) mass is 620 g/mol. The van der Waals surface area contributed by atoms with Crippen LogP contribution in [0, 0.1) is 0 Å². The fraction of sp³-hybridized carbons (Fsp3) is 0.562. The molecule has 2 bridgehead atoms. The zero-order chi connectivity index (χ0) is 32.3. The maximum atomic E-state index is 13.4. The van der Waals surface area contributed by atoms with Crippen molar-refractivity contribution in [1.29, 1.82) is 0 Å². The van der Waals surface area contributed by atoms with E-state index in [9.17, 15) is 14.4 Å². The average molecular weight is 621 g/mol. The highest BCUT2D eigenvalue weighted by Crippen LogP contribution is 2.32. The Hall–Kier alpha value is -4.26. The first-order chi connectivity index (χ1) is 21.4. The largest absolute Gasteiger partial charge is 0.444 e. The van der Waals surface area contributed by atoms with Gasteiger partial charge >= 0.3 is 6.09 Å². The third-order valence-electron chi connectivity index (χ3n) is 8.21. The molecule has 5 rings (SSSR count). The van der Waals surface area contributed by atoms with Crippen molar-refractivity contribution < 1.29 is 23.9 Å². The number of pyridine rings is 1. The molecule has 3 atom stereocenters. The zero-order valence-electron chi connectivity index (χ0n) is 26.9. The highest BCUT2D eigenvalue weighted by atomic mass is 16.6. The lowest BCUT2D eigenvalue weighted by atomic mass is 10.1. The average Bonchev–Trinajstić information content (AvgIpc) is 3.53. The standard InChI is InChI=1S/C32H44N8O5/c1-7-33-30(36-27-15-13-25(29(42)37(5)6)40(27)24-9-8-16-44-20-24)35-26-14-10-21(17-34-26)28(41)38-18-22-11-12-23(19-38)39(22)31(43)45-32(2,3)4/h7,10,13-14,17,22-24H,1,8-9,11-12,15-16,18-20H2,2-6H3,(H,33,34,35)/b36-27+. The van der Waals surface area contributed by atoms with Crippen molar-refractivity contribution in [1.82, 2.24) is 24.6 Å². The van der Waals surface area contributed by atoms with Gasteiger partial charge in [0.25, 0.3) is 11.8 Å². The Morgan fingerprint density at radius 1 is 1.13 bits per heavy atom. The van der Waals surface area contributed by atoms with Gasteiger partial charge in [0.15, 0.2) is 0 Å². The molecule has 3 fully saturated rings. The molecular formula is C32H44N8O5. The van der Waals surface area contributed by atoms with E-state index in [4.69, 9.17) is 14.5 Å². The lowest BCUT2D eigenvalue weighted by Gasteiger charge is -2.41. The number of likely N-dealkylation sites (N-methyl/N-ethyl adjacent to an activating group) is 1. The van der Waals surface area contributed by atoms with Crippen molar-refractivity contribution in [3.63, 3.8) is 0 Å². The van der Waals surface area contributed by atoms with Gasteiger partial charge in [-0.1, -0.05) is 6.58 Å². The quantitative estimate of drug-likeness (QED) is 0.391. The minimum absolute atomic E-state index is 0.00945. The van der Waals surface area contributed by atoms with Gasteiger partial charge in [-0.3, -0.25) is 14.5 Å². The van der Waals surface area contributed by atoms with Crippen molar-refractivity contribution >= 4 is 35.5 Å². The molecule has 0 aliphatic carbocycles. The first kappa shape index (κ1) is 32.1. The Labute approximate surface area is 264 Å². The second kappa shape index (κ2) is 13.4. The molecule has 242 valence electrons. The van der Waals surface area contributed by atoms with Crippen molar-refractivity contribution in [2.24, 2.45) is 9.98 Å². The highest BCUT2D eigenvalue weighted by Gasteiger charge is 2.45. The van der Waals surface area contributed by atoms with Crippen molar-refractivity contribution in [2.45, 2.75) is 76.6 Å². The third-order valence-corrected chi connectivity index (χ3v) is 8.21. The minimum atomic E-state index is -0.571. The predicted molar refractivity (Wildman–Crippen MR) is 171 cm³/mol. The number of anilines is 1. The molecule has 45 heavy (non-hydrogen) atoms. The number of fused-ring (bicyclic) bond motifs is 2. The van der Waals surface area contributed by atoms with Crippen LogP contribution in [0.3, 0.4) is 0 Å². The molecule has 4 aliphatic heterocycles. The predicted octanol–water partition coefficient (Wildman–Crippen LogP) is 3.47. The number of nitrogens with zero attached hydrogens (tertiary/aromatic N) is 7. The number of carbonyl (C=O) groups is 3. The highest BCUT2D eigenvalue weighted by molar-refractivity contribution is 6.08. The first-order valence-corrected chi connectivity index (χ1v) is 15.5. The summed E-state index contributed by atoms with van der Waals surface area (Å²) in [7, 11) is 3.46. The van der Waals surface area contributed by atoms with Crippen molar-refractivity contribution in [2.75, 3.05) is 45.7 Å². The van der Waals surface area contributed by atoms with E-state index < -0.39 is 5.60 Å². The lowest BCUT2D eigenvalue weighted by Crippen LogP contribution is -2.57. The van der Waals surface area contributed by atoms with Gasteiger partial charge in [-0.15, -0.1) is 0 Å². The van der Waals surface area contributed by atoms with Gasteiger partial charge in [-0.05, 0) is 64.7 Å². The smallest absolute Gasteiger partial charge is 0.410 e. The molecule has 3 unspecified atom stereocenters. The number of hydrogen-bond donors (Lipinski definition) is 1. The molecule has 5 heterocycles. The van der Waals surface area contributed by atoms with Crippen LogP contribution in [0.1, 0.15) is 63.2 Å². The maximum Gasteiger partial charge on any atom is 0.410 e. The summed E-state index contributed by atoms with van der Waals surface area (Å²) in [5.41, 5.74) is 0.460. The number of hydrogen-bond acceptors (Lipinski definition) is 7. The number of carbonyl (C=O) groups excluding carboxylic acids is 3. The number of likely N-dealkylation sites (tertiary alicyclic amines) is 1. The van der Waals surface area contributed by atoms with Crippen LogP contribution in [-0.2, 0) is 14.3 Å². The van der Waals surface area contributed by atoms with Crippen LogP contribution >= 0.6 is 0 Å². The fourth-order valence-electron chi connectivity index (χ4n) is 6.25. The van der Waals surface area contributed by atoms with Crippen LogP contribution in [0.4, 0.5) is 10.6 Å². The first-order valence-electron chi connectivity index (χ1n) is 15.5. The van der Waals surface area contributed by atoms with Gasteiger partial charge in [-0.2, -0.15) is 4.99 Å². The number of ether oxygens (including phenoxy) is 2. The number of piperazine rings is 1. The molecule has 1 aromatic rings. The summed E-state index contributed by atoms with van der Waals surface area (Å²) >= 11 is 0. The van der Waals surface area contributed by atoms with Crippen LogP contribution in [0.5, 0.6) is 0 Å². The fourth-order valence-corrected chi connectivity index (χ4v) is 6.25. The molecule has 3 saturated heterocycles. The molecule has 3 amide bonds. The van der Waals surface area contributed by atoms with E-state index in [1.807, 2.05) is 36.6 Å². The second-order valence-corrected chi connectivity index (χ2v) is 12.9. The number of aliphatic imine (C=N–C) groups is 2. The zero-order valence-corrected chi connectivity index (χ0v) is 26.9. The van der Waals surface area contributed by atoms with E-state index in [2.05, 4.69) is 21.9 Å². The summed E-state index contributed by atoms with van der Waals surface area (Å²) < 4.78 is 11.3. The van der Waals surface area contributed by atoms with Crippen molar-refractivity contribution in [3.8, 4) is 0 Å². The van der Waals surface area contributed by atoms with Gasteiger partial charge in [0.2, 0.25) is 5.96 Å². The van der Waals surface area contributed by atoms with Crippen LogP contribution in [0.25, 0.3) is 0 Å². The van der Waals surface area contributed by atoms with Gasteiger partial charge in [-0.25, -0.2) is 14.8 Å².